The van der Waals surface area contributed by atoms with Crippen LogP contribution < -0.4 is 15.4 Å². The molecule has 3 heterocycles. The fourth-order valence-corrected chi connectivity index (χ4v) is 5.56. The first-order chi connectivity index (χ1) is 19.4. The molecule has 0 aromatic heterocycles. The van der Waals surface area contributed by atoms with Crippen molar-refractivity contribution in [3.63, 3.8) is 0 Å². The van der Waals surface area contributed by atoms with Gasteiger partial charge in [0.15, 0.2) is 0 Å². The third-order valence-corrected chi connectivity index (χ3v) is 7.48. The minimum atomic E-state index is -4.62. The van der Waals surface area contributed by atoms with E-state index in [-0.39, 0.29) is 47.6 Å². The normalized spacial score (nSPS) is 21.0. The second-order valence-electron chi connectivity index (χ2n) is 9.94. The van der Waals surface area contributed by atoms with Crippen LogP contribution in [0.4, 0.5) is 24.5 Å². The van der Waals surface area contributed by atoms with Gasteiger partial charge in [0.25, 0.3) is 5.91 Å². The molecule has 41 heavy (non-hydrogen) atoms. The van der Waals surface area contributed by atoms with Gasteiger partial charge in [-0.1, -0.05) is 12.1 Å². The van der Waals surface area contributed by atoms with Gasteiger partial charge in [-0.3, -0.25) is 14.5 Å². The highest BCUT2D eigenvalue weighted by atomic mass is 32.2. The van der Waals surface area contributed by atoms with Crippen LogP contribution in [0.15, 0.2) is 42.2 Å². The summed E-state index contributed by atoms with van der Waals surface area (Å²) in [4.78, 5) is 28.3. The molecule has 0 aliphatic carbocycles. The van der Waals surface area contributed by atoms with Gasteiger partial charge in [-0.25, -0.2) is 0 Å². The SMILES string of the molecule is CS(=O)(=O)O/C(C(=O)Nc1ccc2c(c1)NC(=O)C(N1CCOCC1)C2)=C1/CCCOc2cc(C(F)(F)F)ccc21. The van der Waals surface area contributed by atoms with Crippen LogP contribution in [0.1, 0.15) is 29.5 Å². The average molecular weight is 596 g/mol. The number of carbonyl (C=O) groups is 2. The van der Waals surface area contributed by atoms with Gasteiger partial charge in [0.1, 0.15) is 5.75 Å². The van der Waals surface area contributed by atoms with Crippen molar-refractivity contribution in [3.05, 3.63) is 58.8 Å². The van der Waals surface area contributed by atoms with E-state index in [1.807, 2.05) is 0 Å². The van der Waals surface area contributed by atoms with Gasteiger partial charge in [0, 0.05) is 35.6 Å². The highest BCUT2D eigenvalue weighted by Crippen LogP contribution is 2.40. The zero-order chi connectivity index (χ0) is 29.4. The Morgan fingerprint density at radius 2 is 1.88 bits per heavy atom. The van der Waals surface area contributed by atoms with E-state index in [9.17, 15) is 31.2 Å². The molecule has 5 rings (SSSR count). The number of benzene rings is 2. The Kier molecular flexibility index (Phi) is 7.99. The van der Waals surface area contributed by atoms with Crippen molar-refractivity contribution in [1.29, 1.82) is 0 Å². The van der Waals surface area contributed by atoms with Gasteiger partial charge < -0.3 is 24.3 Å². The number of morpholine rings is 1. The minimum Gasteiger partial charge on any atom is -0.493 e. The number of amides is 2. The number of allylic oxidation sites excluding steroid dienone is 1. The predicted octanol–water partition coefficient (Wildman–Crippen LogP) is 3.40. The highest BCUT2D eigenvalue weighted by Gasteiger charge is 2.34. The molecule has 1 atom stereocenters. The third kappa shape index (κ3) is 6.66. The van der Waals surface area contributed by atoms with E-state index in [4.69, 9.17) is 13.7 Å². The van der Waals surface area contributed by atoms with Crippen LogP contribution in [0.2, 0.25) is 0 Å². The lowest BCUT2D eigenvalue weighted by atomic mass is 9.96. The number of hydrogen-bond acceptors (Lipinski definition) is 8. The van der Waals surface area contributed by atoms with E-state index < -0.39 is 33.5 Å². The Hall–Kier alpha value is -3.62. The fraction of sp³-hybridized carbons (Fsp3) is 0.407. The van der Waals surface area contributed by atoms with Crippen molar-refractivity contribution < 1.29 is 44.8 Å². The number of nitrogens with one attached hydrogen (secondary N) is 2. The van der Waals surface area contributed by atoms with Crippen molar-refractivity contribution >= 4 is 38.9 Å². The maximum atomic E-state index is 13.4. The number of fused-ring (bicyclic) bond motifs is 2. The van der Waals surface area contributed by atoms with Gasteiger partial charge in [-0.2, -0.15) is 21.6 Å². The molecule has 2 aromatic rings. The zero-order valence-corrected chi connectivity index (χ0v) is 22.9. The number of nitrogens with zero attached hydrogens (tertiary/aromatic N) is 1. The summed E-state index contributed by atoms with van der Waals surface area (Å²) in [6.07, 6.45) is -2.98. The van der Waals surface area contributed by atoms with Crippen LogP contribution in [0.3, 0.4) is 0 Å². The molecule has 1 unspecified atom stereocenters. The maximum absolute atomic E-state index is 13.4. The lowest BCUT2D eigenvalue weighted by Crippen LogP contribution is -2.52. The quantitative estimate of drug-likeness (QED) is 0.307. The Morgan fingerprint density at radius 3 is 2.59 bits per heavy atom. The van der Waals surface area contributed by atoms with E-state index in [0.29, 0.717) is 44.8 Å². The topological polar surface area (TPSA) is 123 Å². The smallest absolute Gasteiger partial charge is 0.416 e. The van der Waals surface area contributed by atoms with Gasteiger partial charge in [0.05, 0.1) is 37.7 Å². The summed E-state index contributed by atoms with van der Waals surface area (Å²) in [7, 11) is -4.20. The number of rotatable bonds is 5. The summed E-state index contributed by atoms with van der Waals surface area (Å²) in [5.74, 6) is -1.82. The highest BCUT2D eigenvalue weighted by molar-refractivity contribution is 7.86. The minimum absolute atomic E-state index is 0.0571. The van der Waals surface area contributed by atoms with E-state index in [1.54, 1.807) is 18.2 Å². The monoisotopic (exact) mass is 595 g/mol. The summed E-state index contributed by atoms with van der Waals surface area (Å²) < 4.78 is 80.1. The van der Waals surface area contributed by atoms with E-state index >= 15 is 0 Å². The first-order valence-electron chi connectivity index (χ1n) is 12.9. The lowest BCUT2D eigenvalue weighted by molar-refractivity contribution is -0.137. The van der Waals surface area contributed by atoms with Crippen LogP contribution in [0, 0.1) is 0 Å². The van der Waals surface area contributed by atoms with Crippen LogP contribution in [-0.2, 0) is 41.2 Å². The number of ether oxygens (including phenoxy) is 2. The number of halogens is 3. The van der Waals surface area contributed by atoms with Crippen molar-refractivity contribution in [2.75, 3.05) is 49.8 Å². The second kappa shape index (κ2) is 11.3. The summed E-state index contributed by atoms with van der Waals surface area (Å²) in [5.41, 5.74) is 0.889. The van der Waals surface area contributed by atoms with Crippen molar-refractivity contribution in [2.24, 2.45) is 0 Å². The molecule has 0 bridgehead atoms. The Balaban J connectivity index is 1.45. The van der Waals surface area contributed by atoms with Crippen molar-refractivity contribution in [3.8, 4) is 5.75 Å². The first-order valence-corrected chi connectivity index (χ1v) is 14.7. The largest absolute Gasteiger partial charge is 0.493 e. The third-order valence-electron chi connectivity index (χ3n) is 7.01. The molecule has 0 radical (unpaired) electrons. The Morgan fingerprint density at radius 1 is 1.12 bits per heavy atom. The number of anilines is 2. The first kappa shape index (κ1) is 28.9. The van der Waals surface area contributed by atoms with E-state index in [2.05, 4.69) is 15.5 Å². The summed E-state index contributed by atoms with van der Waals surface area (Å²) in [6.45, 7) is 2.45. The molecule has 14 heteroatoms. The molecular formula is C27H28F3N3O7S. The molecular weight excluding hydrogens is 567 g/mol. The molecule has 220 valence electrons. The second-order valence-corrected chi connectivity index (χ2v) is 11.5. The Labute approximate surface area is 234 Å². The molecule has 3 aliphatic rings. The van der Waals surface area contributed by atoms with Crippen LogP contribution in [0.25, 0.3) is 5.57 Å². The number of alkyl halides is 3. The van der Waals surface area contributed by atoms with E-state index in [0.717, 1.165) is 30.0 Å². The molecule has 1 fully saturated rings. The fourth-order valence-electron chi connectivity index (χ4n) is 5.08. The summed E-state index contributed by atoms with van der Waals surface area (Å²) in [5, 5.41) is 5.47. The van der Waals surface area contributed by atoms with Gasteiger partial charge in [-0.15, -0.1) is 0 Å². The average Bonchev–Trinajstić information content (AvgIpc) is 3.13. The predicted molar refractivity (Wildman–Crippen MR) is 143 cm³/mol. The van der Waals surface area contributed by atoms with Gasteiger partial charge >= 0.3 is 16.3 Å². The molecule has 0 spiro atoms. The zero-order valence-electron chi connectivity index (χ0n) is 22.0. The molecule has 1 saturated heterocycles. The molecule has 2 N–H and O–H groups in total. The Bertz CT molecular complexity index is 1500. The standard InChI is InChI=1S/C27H28F3N3O7S/c1-41(36,37)40-24(20-3-2-10-39-23-14-17(27(28,29)30)5-7-19(20)23)26(35)31-18-6-4-16-13-22(25(34)32-21(16)15-18)33-8-11-38-12-9-33/h4-7,14-15,22H,2-3,8-13H2,1H3,(H,31,35)(H,32,34)/b24-20-. The van der Waals surface area contributed by atoms with Crippen LogP contribution in [-0.4, -0.2) is 70.3 Å². The molecule has 2 amide bonds. The number of hydrogen-bond donors (Lipinski definition) is 2. The van der Waals surface area contributed by atoms with Gasteiger partial charge in [-0.05, 0) is 49.1 Å². The maximum Gasteiger partial charge on any atom is 0.416 e. The number of carbonyl (C=O) groups excluding carboxylic acids is 2. The van der Waals surface area contributed by atoms with Crippen molar-refractivity contribution in [1.82, 2.24) is 4.90 Å². The molecule has 2 aromatic carbocycles. The summed E-state index contributed by atoms with van der Waals surface area (Å²) in [6, 6.07) is 7.37. The van der Waals surface area contributed by atoms with E-state index in [1.165, 1.54) is 0 Å². The van der Waals surface area contributed by atoms with Crippen LogP contribution in [0.5, 0.6) is 5.75 Å². The van der Waals surface area contributed by atoms with Gasteiger partial charge in [0.2, 0.25) is 11.7 Å². The molecule has 10 nitrogen and oxygen atoms in total. The van der Waals surface area contributed by atoms with Crippen LogP contribution >= 0.6 is 0 Å². The lowest BCUT2D eigenvalue weighted by Gasteiger charge is -2.36. The summed E-state index contributed by atoms with van der Waals surface area (Å²) >= 11 is 0. The molecule has 0 saturated carbocycles. The molecule has 3 aliphatic heterocycles. The van der Waals surface area contributed by atoms with Crippen molar-refractivity contribution in [2.45, 2.75) is 31.5 Å².